The molecule has 2 nitrogen and oxygen atoms in total. The third-order valence-corrected chi connectivity index (χ3v) is 4.55. The summed E-state index contributed by atoms with van der Waals surface area (Å²) in [6.07, 6.45) is -3.02. The van der Waals surface area contributed by atoms with Gasteiger partial charge in [0.1, 0.15) is 11.5 Å². The van der Waals surface area contributed by atoms with Crippen molar-refractivity contribution in [1.82, 2.24) is 0 Å². The van der Waals surface area contributed by atoms with Crippen LogP contribution >= 0.6 is 0 Å². The minimum atomic E-state index is -4.47. The van der Waals surface area contributed by atoms with E-state index >= 15 is 0 Å². The molecule has 24 heavy (non-hydrogen) atoms. The second-order valence-electron chi connectivity index (χ2n) is 6.03. The van der Waals surface area contributed by atoms with Crippen molar-refractivity contribution in [3.8, 4) is 22.6 Å². The van der Waals surface area contributed by atoms with E-state index in [0.717, 1.165) is 40.8 Å². The lowest BCUT2D eigenvalue weighted by Gasteiger charge is -2.23. The van der Waals surface area contributed by atoms with Gasteiger partial charge in [0.05, 0.1) is 5.56 Å². The highest BCUT2D eigenvalue weighted by atomic mass is 19.4. The Balaban J connectivity index is 2.07. The molecule has 1 aliphatic carbocycles. The van der Waals surface area contributed by atoms with E-state index in [4.69, 9.17) is 0 Å². The van der Waals surface area contributed by atoms with Crippen LogP contribution in [0.15, 0.2) is 42.5 Å². The smallest absolute Gasteiger partial charge is 0.416 e. The first kappa shape index (κ1) is 14.9. The highest BCUT2D eigenvalue weighted by Gasteiger charge is 2.31. The number of rotatable bonds is 0. The highest BCUT2D eigenvalue weighted by molar-refractivity contribution is 6.03. The van der Waals surface area contributed by atoms with Gasteiger partial charge in [0.2, 0.25) is 0 Å². The SMILES string of the molecule is Oc1ccc2c(c1)-c1c(cc(O)c3cc(C(F)(F)F)ccc13)CC2. The van der Waals surface area contributed by atoms with Gasteiger partial charge in [0.25, 0.3) is 0 Å². The molecule has 0 radical (unpaired) electrons. The molecule has 0 saturated heterocycles. The fourth-order valence-electron chi connectivity index (χ4n) is 3.44. The Hall–Kier alpha value is -2.69. The third kappa shape index (κ3) is 2.19. The maximum absolute atomic E-state index is 13.0. The molecular weight excluding hydrogens is 317 g/mol. The lowest BCUT2D eigenvalue weighted by atomic mass is 9.82. The summed E-state index contributed by atoms with van der Waals surface area (Å²) in [6, 6.07) is 9.99. The van der Waals surface area contributed by atoms with Crippen LogP contribution in [0.2, 0.25) is 0 Å². The van der Waals surface area contributed by atoms with Crippen molar-refractivity contribution in [2.24, 2.45) is 0 Å². The zero-order valence-corrected chi connectivity index (χ0v) is 12.5. The molecule has 0 spiro atoms. The van der Waals surface area contributed by atoms with Crippen LogP contribution in [-0.2, 0) is 19.0 Å². The first-order valence-corrected chi connectivity index (χ1v) is 7.52. The number of aryl methyl sites for hydroxylation is 2. The van der Waals surface area contributed by atoms with Gasteiger partial charge in [-0.05, 0) is 70.8 Å². The van der Waals surface area contributed by atoms with Crippen LogP contribution in [-0.4, -0.2) is 10.2 Å². The summed E-state index contributed by atoms with van der Waals surface area (Å²) in [4.78, 5) is 0. The number of phenolic OH excluding ortho intramolecular Hbond substituents is 2. The van der Waals surface area contributed by atoms with Gasteiger partial charge < -0.3 is 10.2 Å². The van der Waals surface area contributed by atoms with Crippen LogP contribution in [0.1, 0.15) is 16.7 Å². The van der Waals surface area contributed by atoms with Crippen molar-refractivity contribution >= 4 is 10.8 Å². The first-order valence-electron chi connectivity index (χ1n) is 7.52. The molecule has 0 aliphatic heterocycles. The average molecular weight is 330 g/mol. The van der Waals surface area contributed by atoms with E-state index in [9.17, 15) is 23.4 Å². The van der Waals surface area contributed by atoms with Crippen LogP contribution in [0, 0.1) is 0 Å². The molecule has 4 rings (SSSR count). The number of alkyl halides is 3. The van der Waals surface area contributed by atoms with Crippen LogP contribution in [0.3, 0.4) is 0 Å². The molecule has 2 N–H and O–H groups in total. The van der Waals surface area contributed by atoms with E-state index in [2.05, 4.69) is 0 Å². The number of halogens is 3. The van der Waals surface area contributed by atoms with E-state index in [1.165, 1.54) is 12.1 Å². The van der Waals surface area contributed by atoms with E-state index in [-0.39, 0.29) is 16.9 Å². The Morgan fingerprint density at radius 2 is 1.54 bits per heavy atom. The molecule has 3 aromatic rings. The first-order chi connectivity index (χ1) is 11.3. The Labute approximate surface area is 135 Å². The molecule has 0 bridgehead atoms. The number of phenols is 2. The summed E-state index contributed by atoms with van der Waals surface area (Å²) in [5, 5.41) is 20.7. The molecule has 0 saturated carbocycles. The van der Waals surface area contributed by atoms with Gasteiger partial charge in [0.15, 0.2) is 0 Å². The number of hydrogen-bond donors (Lipinski definition) is 2. The molecule has 0 atom stereocenters. The monoisotopic (exact) mass is 330 g/mol. The Morgan fingerprint density at radius 3 is 2.29 bits per heavy atom. The van der Waals surface area contributed by atoms with E-state index in [1.807, 2.05) is 6.07 Å². The molecule has 3 aromatic carbocycles. The number of aromatic hydroxyl groups is 2. The maximum atomic E-state index is 13.0. The van der Waals surface area contributed by atoms with Gasteiger partial charge in [-0.2, -0.15) is 13.2 Å². The van der Waals surface area contributed by atoms with E-state index < -0.39 is 11.7 Å². The van der Waals surface area contributed by atoms with Gasteiger partial charge >= 0.3 is 6.18 Å². The summed E-state index contributed by atoms with van der Waals surface area (Å²) < 4.78 is 38.9. The quantitative estimate of drug-likeness (QED) is 0.606. The third-order valence-electron chi connectivity index (χ3n) is 4.55. The normalized spacial score (nSPS) is 13.6. The maximum Gasteiger partial charge on any atom is 0.416 e. The zero-order valence-electron chi connectivity index (χ0n) is 12.5. The van der Waals surface area contributed by atoms with Crippen LogP contribution < -0.4 is 0 Å². The summed E-state index contributed by atoms with van der Waals surface area (Å²) in [6.45, 7) is 0. The largest absolute Gasteiger partial charge is 0.508 e. The molecular formula is C19H13F3O2. The molecule has 0 aromatic heterocycles. The lowest BCUT2D eigenvalue weighted by molar-refractivity contribution is -0.137. The minimum absolute atomic E-state index is 0.106. The molecule has 0 heterocycles. The van der Waals surface area contributed by atoms with Gasteiger partial charge in [-0.1, -0.05) is 12.1 Å². The van der Waals surface area contributed by atoms with Crippen molar-refractivity contribution in [2.45, 2.75) is 19.0 Å². The summed E-state index contributed by atoms with van der Waals surface area (Å²) >= 11 is 0. The van der Waals surface area contributed by atoms with Crippen molar-refractivity contribution in [1.29, 1.82) is 0 Å². The Morgan fingerprint density at radius 1 is 0.792 bits per heavy atom. The van der Waals surface area contributed by atoms with Crippen LogP contribution in [0.4, 0.5) is 13.2 Å². The van der Waals surface area contributed by atoms with Crippen LogP contribution in [0.25, 0.3) is 21.9 Å². The topological polar surface area (TPSA) is 40.5 Å². The van der Waals surface area contributed by atoms with Crippen molar-refractivity contribution in [2.75, 3.05) is 0 Å². The standard InChI is InChI=1S/C19H13F3O2/c20-19(21,22)12-4-6-14-16(8-12)17(24)7-11-2-1-10-3-5-13(23)9-15(10)18(11)14/h3-9,23-24H,1-2H2. The van der Waals surface area contributed by atoms with Crippen molar-refractivity contribution < 1.29 is 23.4 Å². The summed E-state index contributed by atoms with van der Waals surface area (Å²) in [5.74, 6) is -0.0480. The second kappa shape index (κ2) is 4.90. The summed E-state index contributed by atoms with van der Waals surface area (Å²) in [5.41, 5.74) is 2.71. The molecule has 122 valence electrons. The minimum Gasteiger partial charge on any atom is -0.508 e. The predicted molar refractivity (Wildman–Crippen MR) is 85.1 cm³/mol. The van der Waals surface area contributed by atoms with Crippen molar-refractivity contribution in [3.05, 3.63) is 59.2 Å². The van der Waals surface area contributed by atoms with Crippen LogP contribution in [0.5, 0.6) is 11.5 Å². The van der Waals surface area contributed by atoms with Crippen molar-refractivity contribution in [3.63, 3.8) is 0 Å². The van der Waals surface area contributed by atoms with E-state index in [0.29, 0.717) is 11.8 Å². The van der Waals surface area contributed by atoms with Gasteiger partial charge in [-0.25, -0.2) is 0 Å². The molecule has 5 heteroatoms. The van der Waals surface area contributed by atoms with Gasteiger partial charge in [-0.3, -0.25) is 0 Å². The number of hydrogen-bond acceptors (Lipinski definition) is 2. The molecule has 0 unspecified atom stereocenters. The molecule has 0 fully saturated rings. The predicted octanol–water partition coefficient (Wildman–Crippen LogP) is 5.04. The fourth-order valence-corrected chi connectivity index (χ4v) is 3.44. The fraction of sp³-hybridized carbons (Fsp3) is 0.158. The van der Waals surface area contributed by atoms with Gasteiger partial charge in [0, 0.05) is 5.39 Å². The number of fused-ring (bicyclic) bond motifs is 5. The lowest BCUT2D eigenvalue weighted by Crippen LogP contribution is -2.06. The molecule has 1 aliphatic rings. The molecule has 0 amide bonds. The highest BCUT2D eigenvalue weighted by Crippen LogP contribution is 2.44. The Kier molecular flexibility index (Phi) is 3.04. The van der Waals surface area contributed by atoms with Gasteiger partial charge in [-0.15, -0.1) is 0 Å². The summed E-state index contributed by atoms with van der Waals surface area (Å²) in [7, 11) is 0. The van der Waals surface area contributed by atoms with E-state index in [1.54, 1.807) is 12.1 Å². The zero-order chi connectivity index (χ0) is 17.1. The Bertz CT molecular complexity index is 974. The second-order valence-corrected chi connectivity index (χ2v) is 6.03. The number of benzene rings is 3. The average Bonchev–Trinajstić information content (AvgIpc) is 2.53.